The van der Waals surface area contributed by atoms with Crippen molar-refractivity contribution in [3.63, 3.8) is 0 Å². The van der Waals surface area contributed by atoms with E-state index in [-0.39, 0.29) is 27.7 Å². The first kappa shape index (κ1) is 17.6. The van der Waals surface area contributed by atoms with Gasteiger partial charge in [0, 0.05) is 11.6 Å². The molecule has 8 heteroatoms. The molecule has 2 aromatic rings. The number of carboxylic acid groups (broad SMARTS) is 1. The number of sulfonamides is 1. The number of hydrogen-bond donors (Lipinski definition) is 1. The van der Waals surface area contributed by atoms with Crippen LogP contribution in [0.4, 0.5) is 5.69 Å². The zero-order chi connectivity index (χ0) is 17.2. The van der Waals surface area contributed by atoms with Gasteiger partial charge in [0.15, 0.2) is 0 Å². The standard InChI is InChI=1S/C15H13Cl2NO4S/c1-2-18(13-6-4-3-5-11(13)15(19)20)23(21,22)14-8-7-10(16)9-12(14)17/h3-9H,2H2,1H3,(H,19,20). The quantitative estimate of drug-likeness (QED) is 0.861. The SMILES string of the molecule is CCN(c1ccccc1C(=O)O)S(=O)(=O)c1ccc(Cl)cc1Cl. The van der Waals surface area contributed by atoms with Crippen LogP contribution in [0.3, 0.4) is 0 Å². The number of carbonyl (C=O) groups is 1. The summed E-state index contributed by atoms with van der Waals surface area (Å²) in [5, 5.41) is 9.56. The summed E-state index contributed by atoms with van der Waals surface area (Å²) >= 11 is 11.8. The molecule has 0 aromatic heterocycles. The van der Waals surface area contributed by atoms with Gasteiger partial charge < -0.3 is 5.11 Å². The van der Waals surface area contributed by atoms with Crippen molar-refractivity contribution in [1.29, 1.82) is 0 Å². The summed E-state index contributed by atoms with van der Waals surface area (Å²) in [5.41, 5.74) is -0.0310. The normalized spacial score (nSPS) is 11.3. The third-order valence-electron chi connectivity index (χ3n) is 3.15. The summed E-state index contributed by atoms with van der Waals surface area (Å²) in [5.74, 6) is -1.21. The summed E-state index contributed by atoms with van der Waals surface area (Å²) in [4.78, 5) is 11.2. The third-order valence-corrected chi connectivity index (χ3v) is 5.76. The zero-order valence-corrected chi connectivity index (χ0v) is 14.4. The average Bonchev–Trinajstić information content (AvgIpc) is 2.47. The van der Waals surface area contributed by atoms with Crippen molar-refractivity contribution in [3.05, 3.63) is 58.1 Å². The number of nitrogens with zero attached hydrogens (tertiary/aromatic N) is 1. The van der Waals surface area contributed by atoms with E-state index in [1.165, 1.54) is 36.4 Å². The molecule has 2 rings (SSSR count). The molecule has 0 spiro atoms. The second-order valence-electron chi connectivity index (χ2n) is 4.57. The lowest BCUT2D eigenvalue weighted by Gasteiger charge is -2.24. The number of hydrogen-bond acceptors (Lipinski definition) is 3. The first-order valence-electron chi connectivity index (χ1n) is 6.59. The molecule has 0 aliphatic rings. The molecule has 5 nitrogen and oxygen atoms in total. The Morgan fingerprint density at radius 2 is 1.83 bits per heavy atom. The molecule has 0 aliphatic carbocycles. The highest BCUT2D eigenvalue weighted by Gasteiger charge is 2.28. The fraction of sp³-hybridized carbons (Fsp3) is 0.133. The van der Waals surface area contributed by atoms with Crippen molar-refractivity contribution >= 4 is 44.9 Å². The highest BCUT2D eigenvalue weighted by atomic mass is 35.5. The van der Waals surface area contributed by atoms with Gasteiger partial charge in [-0.15, -0.1) is 0 Å². The number of para-hydroxylation sites is 1. The molecule has 0 amide bonds. The van der Waals surface area contributed by atoms with Gasteiger partial charge in [-0.2, -0.15) is 0 Å². The van der Waals surface area contributed by atoms with Gasteiger partial charge in [0.2, 0.25) is 0 Å². The molecule has 0 heterocycles. The van der Waals surface area contributed by atoms with Crippen LogP contribution < -0.4 is 4.31 Å². The second kappa shape index (κ2) is 6.78. The lowest BCUT2D eigenvalue weighted by Crippen LogP contribution is -2.32. The van der Waals surface area contributed by atoms with Gasteiger partial charge in [0.05, 0.1) is 16.3 Å². The lowest BCUT2D eigenvalue weighted by atomic mass is 10.2. The number of carboxylic acids is 1. The van der Waals surface area contributed by atoms with E-state index in [0.717, 1.165) is 4.31 Å². The number of halogens is 2. The molecule has 122 valence electrons. The fourth-order valence-corrected chi connectivity index (χ4v) is 4.39. The van der Waals surface area contributed by atoms with Crippen LogP contribution in [-0.4, -0.2) is 26.0 Å². The van der Waals surface area contributed by atoms with E-state index in [1.54, 1.807) is 13.0 Å². The van der Waals surface area contributed by atoms with E-state index in [1.807, 2.05) is 0 Å². The first-order valence-corrected chi connectivity index (χ1v) is 8.78. The molecular formula is C15H13Cl2NO4S. The Balaban J connectivity index is 2.63. The summed E-state index contributed by atoms with van der Waals surface area (Å²) in [6.07, 6.45) is 0. The van der Waals surface area contributed by atoms with Crippen LogP contribution in [0.5, 0.6) is 0 Å². The van der Waals surface area contributed by atoms with E-state index in [0.29, 0.717) is 5.02 Å². The molecule has 0 bridgehead atoms. The maximum atomic E-state index is 12.9. The van der Waals surface area contributed by atoms with Gasteiger partial charge >= 0.3 is 5.97 Å². The Labute approximate surface area is 144 Å². The Kier molecular flexibility index (Phi) is 5.19. The van der Waals surface area contributed by atoms with Gasteiger partial charge in [-0.3, -0.25) is 4.31 Å². The van der Waals surface area contributed by atoms with Crippen LogP contribution in [0.1, 0.15) is 17.3 Å². The molecule has 2 aromatic carbocycles. The zero-order valence-electron chi connectivity index (χ0n) is 12.0. The summed E-state index contributed by atoms with van der Waals surface area (Å²) in [7, 11) is -4.03. The van der Waals surface area contributed by atoms with Crippen molar-refractivity contribution in [2.45, 2.75) is 11.8 Å². The summed E-state index contributed by atoms with van der Waals surface area (Å²) in [6.45, 7) is 1.66. The molecule has 0 atom stereocenters. The number of benzene rings is 2. The highest BCUT2D eigenvalue weighted by Crippen LogP contribution is 2.31. The maximum Gasteiger partial charge on any atom is 0.337 e. The van der Waals surface area contributed by atoms with Crippen LogP contribution in [0, 0.1) is 0 Å². The van der Waals surface area contributed by atoms with Crippen LogP contribution in [0.2, 0.25) is 10.0 Å². The Bertz CT molecular complexity index is 852. The fourth-order valence-electron chi connectivity index (χ4n) is 2.14. The predicted octanol–water partition coefficient (Wildman–Crippen LogP) is 3.91. The third kappa shape index (κ3) is 3.44. The topological polar surface area (TPSA) is 74.7 Å². The highest BCUT2D eigenvalue weighted by molar-refractivity contribution is 7.93. The molecule has 0 aliphatic heterocycles. The summed E-state index contributed by atoms with van der Waals surface area (Å²) < 4.78 is 26.8. The van der Waals surface area contributed by atoms with Crippen molar-refractivity contribution in [2.75, 3.05) is 10.8 Å². The Morgan fingerprint density at radius 3 is 2.39 bits per heavy atom. The molecule has 0 fully saturated rings. The molecule has 0 saturated heterocycles. The smallest absolute Gasteiger partial charge is 0.337 e. The van der Waals surface area contributed by atoms with E-state index < -0.39 is 16.0 Å². The van der Waals surface area contributed by atoms with Gasteiger partial charge in [-0.05, 0) is 37.3 Å². The Hall–Kier alpha value is -1.76. The maximum absolute atomic E-state index is 12.9. The number of aromatic carboxylic acids is 1. The Morgan fingerprint density at radius 1 is 1.17 bits per heavy atom. The molecular weight excluding hydrogens is 361 g/mol. The molecule has 23 heavy (non-hydrogen) atoms. The largest absolute Gasteiger partial charge is 0.478 e. The van der Waals surface area contributed by atoms with Crippen molar-refractivity contribution < 1.29 is 18.3 Å². The average molecular weight is 374 g/mol. The number of rotatable bonds is 5. The number of anilines is 1. The van der Waals surface area contributed by atoms with Crippen LogP contribution in [-0.2, 0) is 10.0 Å². The summed E-state index contributed by atoms with van der Waals surface area (Å²) in [6, 6.07) is 9.93. The van der Waals surface area contributed by atoms with Crippen molar-refractivity contribution in [2.24, 2.45) is 0 Å². The van der Waals surface area contributed by atoms with E-state index in [2.05, 4.69) is 0 Å². The minimum Gasteiger partial charge on any atom is -0.478 e. The van der Waals surface area contributed by atoms with E-state index in [4.69, 9.17) is 23.2 Å². The van der Waals surface area contributed by atoms with Crippen LogP contribution >= 0.6 is 23.2 Å². The molecule has 1 N–H and O–H groups in total. The molecule has 0 unspecified atom stereocenters. The van der Waals surface area contributed by atoms with Crippen LogP contribution in [0.25, 0.3) is 0 Å². The van der Waals surface area contributed by atoms with Gasteiger partial charge in [-0.25, -0.2) is 13.2 Å². The van der Waals surface area contributed by atoms with Crippen molar-refractivity contribution in [3.8, 4) is 0 Å². The van der Waals surface area contributed by atoms with E-state index in [9.17, 15) is 18.3 Å². The monoisotopic (exact) mass is 373 g/mol. The van der Waals surface area contributed by atoms with Gasteiger partial charge in [0.1, 0.15) is 4.90 Å². The van der Waals surface area contributed by atoms with Crippen LogP contribution in [0.15, 0.2) is 47.4 Å². The molecule has 0 saturated carbocycles. The lowest BCUT2D eigenvalue weighted by molar-refractivity contribution is 0.0698. The van der Waals surface area contributed by atoms with Gasteiger partial charge in [0.25, 0.3) is 10.0 Å². The minimum absolute atomic E-state index is 0.0243. The minimum atomic E-state index is -4.03. The molecule has 0 radical (unpaired) electrons. The first-order chi connectivity index (χ1) is 10.8. The van der Waals surface area contributed by atoms with E-state index >= 15 is 0 Å². The van der Waals surface area contributed by atoms with Crippen molar-refractivity contribution in [1.82, 2.24) is 0 Å². The predicted molar refractivity (Wildman–Crippen MR) is 90.1 cm³/mol. The van der Waals surface area contributed by atoms with Gasteiger partial charge in [-0.1, -0.05) is 35.3 Å². The second-order valence-corrected chi connectivity index (χ2v) is 7.24.